The minimum absolute atomic E-state index is 0.240. The number of carbonyl (C=O) groups is 1. The molecule has 0 radical (unpaired) electrons. The van der Waals surface area contributed by atoms with Gasteiger partial charge < -0.3 is 0 Å². The minimum Gasteiger partial charge on any atom is -0.294 e. The molecular formula is C14H19BrO. The van der Waals surface area contributed by atoms with Gasteiger partial charge in [0, 0.05) is 16.8 Å². The number of hydrogen-bond donors (Lipinski definition) is 0. The van der Waals surface area contributed by atoms with E-state index in [0.717, 1.165) is 30.2 Å². The molecule has 1 aliphatic carbocycles. The predicted molar refractivity (Wildman–Crippen MR) is 72.3 cm³/mol. The van der Waals surface area contributed by atoms with Crippen molar-refractivity contribution in [3.63, 3.8) is 0 Å². The molecule has 1 aromatic carbocycles. The number of halogens is 1. The van der Waals surface area contributed by atoms with Crippen molar-refractivity contribution in [1.29, 1.82) is 0 Å². The second kappa shape index (κ2) is 6.85. The minimum atomic E-state index is 0.240. The molecule has 0 saturated carbocycles. The van der Waals surface area contributed by atoms with Crippen molar-refractivity contribution in [3.05, 3.63) is 35.4 Å². The van der Waals surface area contributed by atoms with E-state index in [-0.39, 0.29) is 5.92 Å². The van der Waals surface area contributed by atoms with Crippen molar-refractivity contribution in [2.24, 2.45) is 5.92 Å². The van der Waals surface area contributed by atoms with Gasteiger partial charge in [0.05, 0.1) is 0 Å². The molecule has 1 aliphatic rings. The Balaban J connectivity index is 0.000000606. The fraction of sp³-hybridized carbons (Fsp3) is 0.500. The SMILES string of the molecule is CC.O=C1c2ccccc2CCC1CCBr. The maximum Gasteiger partial charge on any atom is 0.166 e. The fourth-order valence-electron chi connectivity index (χ4n) is 2.07. The number of fused-ring (bicyclic) bond motifs is 1. The monoisotopic (exact) mass is 282 g/mol. The van der Waals surface area contributed by atoms with E-state index >= 15 is 0 Å². The van der Waals surface area contributed by atoms with Crippen molar-refractivity contribution in [2.45, 2.75) is 33.1 Å². The molecule has 0 spiro atoms. The molecule has 0 saturated heterocycles. The third-order valence-corrected chi connectivity index (χ3v) is 3.33. The van der Waals surface area contributed by atoms with Crippen LogP contribution >= 0.6 is 15.9 Å². The molecule has 1 aromatic rings. The third kappa shape index (κ3) is 2.94. The number of ketones is 1. The van der Waals surface area contributed by atoms with Crippen LogP contribution in [-0.4, -0.2) is 11.1 Å². The predicted octanol–water partition coefficient (Wildman–Crippen LogP) is 4.24. The molecule has 0 amide bonds. The Bertz CT molecular complexity index is 346. The zero-order valence-corrected chi connectivity index (χ0v) is 11.6. The largest absolute Gasteiger partial charge is 0.294 e. The summed E-state index contributed by atoms with van der Waals surface area (Å²) in [5, 5.41) is 0.922. The normalized spacial score (nSPS) is 18.4. The van der Waals surface area contributed by atoms with E-state index in [9.17, 15) is 4.79 Å². The molecule has 88 valence electrons. The van der Waals surface area contributed by atoms with Crippen molar-refractivity contribution in [2.75, 3.05) is 5.33 Å². The van der Waals surface area contributed by atoms with E-state index in [1.165, 1.54) is 5.56 Å². The lowest BCUT2D eigenvalue weighted by Gasteiger charge is -2.22. The Morgan fingerprint density at radius 3 is 2.69 bits per heavy atom. The van der Waals surface area contributed by atoms with Crippen LogP contribution < -0.4 is 0 Å². The highest BCUT2D eigenvalue weighted by Crippen LogP contribution is 2.27. The molecule has 0 heterocycles. The molecule has 0 bridgehead atoms. The Morgan fingerprint density at radius 1 is 1.31 bits per heavy atom. The van der Waals surface area contributed by atoms with Gasteiger partial charge in [-0.1, -0.05) is 54.0 Å². The van der Waals surface area contributed by atoms with Crippen LogP contribution in [0.15, 0.2) is 24.3 Å². The summed E-state index contributed by atoms with van der Waals surface area (Å²) in [7, 11) is 0. The summed E-state index contributed by atoms with van der Waals surface area (Å²) in [4.78, 5) is 12.0. The van der Waals surface area contributed by atoms with Crippen molar-refractivity contribution in [3.8, 4) is 0 Å². The quantitative estimate of drug-likeness (QED) is 0.742. The maximum atomic E-state index is 12.0. The van der Waals surface area contributed by atoms with Gasteiger partial charge in [-0.25, -0.2) is 0 Å². The smallest absolute Gasteiger partial charge is 0.166 e. The highest BCUT2D eigenvalue weighted by Gasteiger charge is 2.25. The van der Waals surface area contributed by atoms with Crippen LogP contribution in [0.3, 0.4) is 0 Å². The second-order valence-corrected chi connectivity index (χ2v) is 4.53. The average Bonchev–Trinajstić information content (AvgIpc) is 2.36. The van der Waals surface area contributed by atoms with Gasteiger partial charge >= 0.3 is 0 Å². The van der Waals surface area contributed by atoms with E-state index in [1.54, 1.807) is 0 Å². The van der Waals surface area contributed by atoms with Crippen LogP contribution in [-0.2, 0) is 6.42 Å². The first-order chi connectivity index (χ1) is 7.83. The first kappa shape index (κ1) is 13.4. The number of alkyl halides is 1. The molecule has 0 fully saturated rings. The van der Waals surface area contributed by atoms with Crippen molar-refractivity contribution < 1.29 is 4.79 Å². The van der Waals surface area contributed by atoms with Gasteiger partial charge in [0.25, 0.3) is 0 Å². The highest BCUT2D eigenvalue weighted by atomic mass is 79.9. The number of hydrogen-bond acceptors (Lipinski definition) is 1. The molecule has 1 atom stereocenters. The summed E-state index contributed by atoms with van der Waals surface area (Å²) in [6.07, 6.45) is 3.04. The van der Waals surface area contributed by atoms with E-state index in [4.69, 9.17) is 0 Å². The number of benzene rings is 1. The molecule has 0 N–H and O–H groups in total. The summed E-state index contributed by atoms with van der Waals surface area (Å²) < 4.78 is 0. The van der Waals surface area contributed by atoms with E-state index < -0.39 is 0 Å². The van der Waals surface area contributed by atoms with Crippen LogP contribution in [0.25, 0.3) is 0 Å². The molecule has 16 heavy (non-hydrogen) atoms. The lowest BCUT2D eigenvalue weighted by molar-refractivity contribution is 0.0899. The maximum absolute atomic E-state index is 12.0. The van der Waals surface area contributed by atoms with E-state index in [1.807, 2.05) is 32.0 Å². The van der Waals surface area contributed by atoms with Crippen LogP contribution in [0.5, 0.6) is 0 Å². The third-order valence-electron chi connectivity index (χ3n) is 2.87. The molecule has 0 aliphatic heterocycles. The molecule has 2 heteroatoms. The molecular weight excluding hydrogens is 264 g/mol. The number of Topliss-reactive ketones (excluding diaryl/α,β-unsaturated/α-hetero) is 1. The van der Waals surface area contributed by atoms with Crippen LogP contribution in [0.2, 0.25) is 0 Å². The van der Waals surface area contributed by atoms with Gasteiger partial charge in [-0.05, 0) is 24.8 Å². The second-order valence-electron chi connectivity index (χ2n) is 3.73. The van der Waals surface area contributed by atoms with E-state index in [0.29, 0.717) is 5.78 Å². The van der Waals surface area contributed by atoms with E-state index in [2.05, 4.69) is 22.0 Å². The standard InChI is InChI=1S/C12H13BrO.C2H6/c13-8-7-10-6-5-9-3-1-2-4-11(9)12(10)14;1-2/h1-4,10H,5-8H2;1-2H3. The molecule has 0 aromatic heterocycles. The van der Waals surface area contributed by atoms with Crippen LogP contribution in [0.1, 0.15) is 42.6 Å². The van der Waals surface area contributed by atoms with Crippen LogP contribution in [0, 0.1) is 5.92 Å². The van der Waals surface area contributed by atoms with Gasteiger partial charge in [0.15, 0.2) is 5.78 Å². The first-order valence-corrected chi connectivity index (χ1v) is 7.13. The Kier molecular flexibility index (Phi) is 5.75. The summed E-state index contributed by atoms with van der Waals surface area (Å²) in [6, 6.07) is 7.99. The van der Waals surface area contributed by atoms with Gasteiger partial charge in [-0.15, -0.1) is 0 Å². The lowest BCUT2D eigenvalue weighted by Crippen LogP contribution is -2.22. The number of carbonyl (C=O) groups excluding carboxylic acids is 1. The molecule has 2 rings (SSSR count). The summed E-state index contributed by atoms with van der Waals surface area (Å²) in [5.41, 5.74) is 2.17. The molecule has 1 nitrogen and oxygen atoms in total. The average molecular weight is 283 g/mol. The van der Waals surface area contributed by atoms with Crippen molar-refractivity contribution >= 4 is 21.7 Å². The summed E-state index contributed by atoms with van der Waals surface area (Å²) in [5.74, 6) is 0.579. The first-order valence-electron chi connectivity index (χ1n) is 6.01. The highest BCUT2D eigenvalue weighted by molar-refractivity contribution is 9.09. The molecule has 1 unspecified atom stereocenters. The van der Waals surface area contributed by atoms with Crippen LogP contribution in [0.4, 0.5) is 0 Å². The Hall–Kier alpha value is -0.630. The van der Waals surface area contributed by atoms with Gasteiger partial charge in [0.1, 0.15) is 0 Å². The zero-order chi connectivity index (χ0) is 12.0. The van der Waals surface area contributed by atoms with Gasteiger partial charge in [-0.2, -0.15) is 0 Å². The van der Waals surface area contributed by atoms with Crippen molar-refractivity contribution in [1.82, 2.24) is 0 Å². The number of aryl methyl sites for hydroxylation is 1. The zero-order valence-electron chi connectivity index (χ0n) is 10.0. The van der Waals surface area contributed by atoms with Gasteiger partial charge in [-0.3, -0.25) is 4.79 Å². The summed E-state index contributed by atoms with van der Waals surface area (Å²) in [6.45, 7) is 4.00. The number of rotatable bonds is 2. The summed E-state index contributed by atoms with van der Waals surface area (Å²) >= 11 is 3.40. The fourth-order valence-corrected chi connectivity index (χ4v) is 2.62. The van der Waals surface area contributed by atoms with Gasteiger partial charge in [0.2, 0.25) is 0 Å². The lowest BCUT2D eigenvalue weighted by atomic mass is 9.81. The Morgan fingerprint density at radius 2 is 2.00 bits per heavy atom. The topological polar surface area (TPSA) is 17.1 Å². The Labute approximate surface area is 106 Å².